The molecule has 27 heavy (non-hydrogen) atoms. The molecule has 0 aliphatic heterocycles. The lowest BCUT2D eigenvalue weighted by Crippen LogP contribution is -2.09. The molecule has 0 saturated heterocycles. The van der Waals surface area contributed by atoms with Crippen molar-refractivity contribution in [2.45, 2.75) is 51.9 Å². The second kappa shape index (κ2) is 12.3. The Morgan fingerprint density at radius 2 is 1.26 bits per heavy atom. The van der Waals surface area contributed by atoms with Gasteiger partial charge in [0.2, 0.25) is 0 Å². The molecule has 0 saturated carbocycles. The van der Waals surface area contributed by atoms with Crippen LogP contribution in [0.4, 0.5) is 0 Å². The Balaban J connectivity index is 1.63. The first kappa shape index (κ1) is 21.2. The fourth-order valence-corrected chi connectivity index (χ4v) is 3.00. The molecule has 0 aliphatic rings. The molecule has 3 nitrogen and oxygen atoms in total. The summed E-state index contributed by atoms with van der Waals surface area (Å²) in [6.45, 7) is 3.45. The van der Waals surface area contributed by atoms with Crippen molar-refractivity contribution >= 4 is 5.97 Å². The predicted molar refractivity (Wildman–Crippen MR) is 110 cm³/mol. The molecule has 0 fully saturated rings. The molecule has 0 unspecified atom stereocenters. The fraction of sp³-hybridized carbons (Fsp3) is 0.458. The highest BCUT2D eigenvalue weighted by Gasteiger charge is 2.05. The van der Waals surface area contributed by atoms with E-state index in [4.69, 9.17) is 9.47 Å². The molecule has 0 bridgehead atoms. The van der Waals surface area contributed by atoms with Gasteiger partial charge < -0.3 is 9.47 Å². The first-order valence-corrected chi connectivity index (χ1v) is 9.95. The van der Waals surface area contributed by atoms with E-state index < -0.39 is 0 Å². The lowest BCUT2D eigenvalue weighted by Gasteiger charge is -2.07. The van der Waals surface area contributed by atoms with E-state index in [1.54, 1.807) is 7.11 Å². The molecular weight excluding hydrogens is 336 g/mol. The summed E-state index contributed by atoms with van der Waals surface area (Å²) >= 11 is 0. The first-order chi connectivity index (χ1) is 13.2. The molecule has 0 N–H and O–H groups in total. The van der Waals surface area contributed by atoms with Gasteiger partial charge in [0.1, 0.15) is 0 Å². The van der Waals surface area contributed by atoms with Crippen LogP contribution in [0.5, 0.6) is 0 Å². The highest BCUT2D eigenvalue weighted by atomic mass is 16.5. The molecule has 3 heteroatoms. The average molecular weight is 369 g/mol. The molecular formula is C24H32O3. The normalized spacial score (nSPS) is 10.7. The largest absolute Gasteiger partial charge is 0.465 e. The molecule has 2 aromatic carbocycles. The molecule has 0 amide bonds. The van der Waals surface area contributed by atoms with E-state index >= 15 is 0 Å². The Morgan fingerprint density at radius 1 is 0.741 bits per heavy atom. The Labute approximate surface area is 163 Å². The van der Waals surface area contributed by atoms with E-state index in [-0.39, 0.29) is 5.97 Å². The van der Waals surface area contributed by atoms with Crippen LogP contribution in [-0.2, 0) is 27.1 Å². The summed E-state index contributed by atoms with van der Waals surface area (Å²) in [5.41, 5.74) is 4.84. The number of benzene rings is 2. The van der Waals surface area contributed by atoms with Crippen LogP contribution in [0.1, 0.15) is 54.4 Å². The summed E-state index contributed by atoms with van der Waals surface area (Å²) in [5, 5.41) is 0. The minimum absolute atomic E-state index is 0.138. The number of ether oxygens (including phenoxy) is 2. The molecule has 2 rings (SSSR count). The van der Waals surface area contributed by atoms with E-state index in [2.05, 4.69) is 43.3 Å². The van der Waals surface area contributed by atoms with Crippen molar-refractivity contribution in [3.8, 4) is 0 Å². The molecule has 2 aromatic rings. The topological polar surface area (TPSA) is 35.5 Å². The van der Waals surface area contributed by atoms with Crippen molar-refractivity contribution in [2.24, 2.45) is 0 Å². The summed E-state index contributed by atoms with van der Waals surface area (Å²) in [7, 11) is 1.73. The van der Waals surface area contributed by atoms with Crippen LogP contribution in [0.3, 0.4) is 0 Å². The lowest BCUT2D eigenvalue weighted by molar-refractivity contribution is -0.142. The van der Waals surface area contributed by atoms with Crippen LogP contribution in [0.2, 0.25) is 0 Å². The van der Waals surface area contributed by atoms with Gasteiger partial charge in [-0.25, -0.2) is 0 Å². The van der Waals surface area contributed by atoms with Crippen LogP contribution in [0, 0.1) is 6.92 Å². The van der Waals surface area contributed by atoms with E-state index in [1.165, 1.54) is 29.5 Å². The van der Waals surface area contributed by atoms with Crippen LogP contribution >= 0.6 is 0 Å². The van der Waals surface area contributed by atoms with E-state index in [1.807, 2.05) is 12.1 Å². The second-order valence-electron chi connectivity index (χ2n) is 7.14. The van der Waals surface area contributed by atoms with Gasteiger partial charge in [0.15, 0.2) is 0 Å². The third-order valence-electron chi connectivity index (χ3n) is 4.66. The molecule has 0 heterocycles. The third kappa shape index (κ3) is 8.87. The van der Waals surface area contributed by atoms with E-state index in [0.717, 1.165) is 37.9 Å². The van der Waals surface area contributed by atoms with Crippen LogP contribution in [0.15, 0.2) is 48.5 Å². The van der Waals surface area contributed by atoms with E-state index in [9.17, 15) is 4.79 Å². The molecule has 0 spiro atoms. The van der Waals surface area contributed by atoms with Crippen LogP contribution in [0.25, 0.3) is 0 Å². The van der Waals surface area contributed by atoms with Gasteiger partial charge in [-0.3, -0.25) is 4.79 Å². The molecule has 0 radical (unpaired) electrons. The van der Waals surface area contributed by atoms with Crippen LogP contribution < -0.4 is 0 Å². The SMILES string of the molecule is COCCCCCCCOC(=O)Cc1ccc(Cc2ccc(C)cc2)cc1. The van der Waals surface area contributed by atoms with Gasteiger partial charge in [0.05, 0.1) is 13.0 Å². The summed E-state index contributed by atoms with van der Waals surface area (Å²) in [4.78, 5) is 12.0. The number of methoxy groups -OCH3 is 1. The second-order valence-corrected chi connectivity index (χ2v) is 7.14. The quantitative estimate of drug-likeness (QED) is 0.378. The number of hydrogen-bond acceptors (Lipinski definition) is 3. The molecule has 0 atom stereocenters. The Bertz CT molecular complexity index is 659. The van der Waals surface area contributed by atoms with Crippen molar-refractivity contribution in [1.82, 2.24) is 0 Å². The van der Waals surface area contributed by atoms with E-state index in [0.29, 0.717) is 13.0 Å². The number of unbranched alkanes of at least 4 members (excludes halogenated alkanes) is 4. The van der Waals surface area contributed by atoms with Crippen molar-refractivity contribution in [1.29, 1.82) is 0 Å². The third-order valence-corrected chi connectivity index (χ3v) is 4.66. The molecule has 146 valence electrons. The van der Waals surface area contributed by atoms with Crippen molar-refractivity contribution < 1.29 is 14.3 Å². The minimum atomic E-state index is -0.138. The number of aryl methyl sites for hydroxylation is 1. The zero-order valence-electron chi connectivity index (χ0n) is 16.7. The summed E-state index contributed by atoms with van der Waals surface area (Å²) in [6.07, 6.45) is 6.75. The standard InChI is InChI=1S/C24H32O3/c1-20-8-10-21(11-9-20)18-22-12-14-23(15-13-22)19-24(25)27-17-7-5-3-4-6-16-26-2/h8-15H,3-7,16-19H2,1-2H3. The van der Waals surface area contributed by atoms with Crippen molar-refractivity contribution in [2.75, 3.05) is 20.3 Å². The zero-order valence-corrected chi connectivity index (χ0v) is 16.7. The zero-order chi connectivity index (χ0) is 19.3. The average Bonchev–Trinajstić information content (AvgIpc) is 2.67. The maximum atomic E-state index is 12.0. The predicted octanol–water partition coefficient (Wildman–Crippen LogP) is 5.27. The number of esters is 1. The fourth-order valence-electron chi connectivity index (χ4n) is 3.00. The highest BCUT2D eigenvalue weighted by molar-refractivity contribution is 5.72. The Kier molecular flexibility index (Phi) is 9.64. The van der Waals surface area contributed by atoms with Gasteiger partial charge in [-0.05, 0) is 42.9 Å². The van der Waals surface area contributed by atoms with Crippen LogP contribution in [-0.4, -0.2) is 26.3 Å². The summed E-state index contributed by atoms with van der Waals surface area (Å²) in [5.74, 6) is -0.138. The number of hydrogen-bond donors (Lipinski definition) is 0. The number of carbonyl (C=O) groups excluding carboxylic acids is 1. The van der Waals surface area contributed by atoms with Crippen molar-refractivity contribution in [3.05, 3.63) is 70.8 Å². The minimum Gasteiger partial charge on any atom is -0.465 e. The smallest absolute Gasteiger partial charge is 0.310 e. The number of rotatable bonds is 12. The maximum absolute atomic E-state index is 12.0. The van der Waals surface area contributed by atoms with Gasteiger partial charge in [0, 0.05) is 13.7 Å². The lowest BCUT2D eigenvalue weighted by atomic mass is 10.0. The molecule has 0 aromatic heterocycles. The Hall–Kier alpha value is -2.13. The van der Waals surface area contributed by atoms with Gasteiger partial charge in [-0.1, -0.05) is 73.4 Å². The van der Waals surface area contributed by atoms with Gasteiger partial charge in [-0.2, -0.15) is 0 Å². The van der Waals surface area contributed by atoms with Gasteiger partial charge in [-0.15, -0.1) is 0 Å². The monoisotopic (exact) mass is 368 g/mol. The molecule has 0 aliphatic carbocycles. The van der Waals surface area contributed by atoms with Gasteiger partial charge >= 0.3 is 5.97 Å². The van der Waals surface area contributed by atoms with Gasteiger partial charge in [0.25, 0.3) is 0 Å². The maximum Gasteiger partial charge on any atom is 0.310 e. The van der Waals surface area contributed by atoms with Crippen molar-refractivity contribution in [3.63, 3.8) is 0 Å². The Morgan fingerprint density at radius 3 is 1.89 bits per heavy atom. The first-order valence-electron chi connectivity index (χ1n) is 9.95. The summed E-state index contributed by atoms with van der Waals surface area (Å²) < 4.78 is 10.4. The number of carbonyl (C=O) groups is 1. The summed E-state index contributed by atoms with van der Waals surface area (Å²) in [6, 6.07) is 16.9. The highest BCUT2D eigenvalue weighted by Crippen LogP contribution is 2.13.